The number of piperidine rings is 1. The van der Waals surface area contributed by atoms with Crippen LogP contribution in [0.25, 0.3) is 0 Å². The molecule has 3 rings (SSSR count). The third kappa shape index (κ3) is 7.57. The van der Waals surface area contributed by atoms with Gasteiger partial charge in [-0.3, -0.25) is 14.7 Å². The van der Waals surface area contributed by atoms with Crippen molar-refractivity contribution >= 4 is 35.8 Å². The second kappa shape index (κ2) is 13.2. The summed E-state index contributed by atoms with van der Waals surface area (Å²) in [6, 6.07) is 6.24. The second-order valence-corrected chi connectivity index (χ2v) is 7.94. The maximum absolute atomic E-state index is 13.9. The summed E-state index contributed by atoms with van der Waals surface area (Å²) in [7, 11) is 0. The quantitative estimate of drug-likeness (QED) is 0.325. The van der Waals surface area contributed by atoms with Crippen LogP contribution in [0.1, 0.15) is 37.9 Å². The van der Waals surface area contributed by atoms with Crippen LogP contribution in [0.15, 0.2) is 29.3 Å². The van der Waals surface area contributed by atoms with Gasteiger partial charge in [-0.15, -0.1) is 24.0 Å². The molecule has 2 aliphatic heterocycles. The van der Waals surface area contributed by atoms with Crippen molar-refractivity contribution in [2.24, 2.45) is 4.99 Å². The minimum absolute atomic E-state index is 0. The zero-order chi connectivity index (χ0) is 21.3. The van der Waals surface area contributed by atoms with Crippen molar-refractivity contribution in [3.05, 3.63) is 35.6 Å². The van der Waals surface area contributed by atoms with Gasteiger partial charge in [0.25, 0.3) is 0 Å². The largest absolute Gasteiger partial charge is 0.386 e. The number of aliphatic imine (C=N–C) groups is 1. The second-order valence-electron chi connectivity index (χ2n) is 7.94. The lowest BCUT2D eigenvalue weighted by atomic mass is 10.1. The molecule has 9 heteroatoms. The number of benzene rings is 1. The lowest BCUT2D eigenvalue weighted by molar-refractivity contribution is -0.133. The lowest BCUT2D eigenvalue weighted by Crippen LogP contribution is -2.54. The number of rotatable bonds is 6. The summed E-state index contributed by atoms with van der Waals surface area (Å²) in [5, 5.41) is 13.6. The van der Waals surface area contributed by atoms with E-state index < -0.39 is 11.9 Å². The Balaban J connectivity index is 0.00000341. The molecule has 0 saturated carbocycles. The molecule has 2 N–H and O–H groups in total. The molecule has 1 unspecified atom stereocenters. The third-order valence-corrected chi connectivity index (χ3v) is 5.75. The monoisotopic (exact) mass is 547 g/mol. The Bertz CT molecular complexity index is 722. The smallest absolute Gasteiger partial charge is 0.236 e. The first-order valence-electron chi connectivity index (χ1n) is 11.0. The molecule has 0 bridgehead atoms. The molecule has 1 aromatic carbocycles. The fraction of sp³-hybridized carbons (Fsp3) is 0.636. The van der Waals surface area contributed by atoms with Gasteiger partial charge in [0.15, 0.2) is 5.96 Å². The number of carbonyl (C=O) groups excluding carboxylic acids is 1. The number of likely N-dealkylation sites (tertiary alicyclic amines) is 1. The Hall–Kier alpha value is -1.46. The summed E-state index contributed by atoms with van der Waals surface area (Å²) in [5.41, 5.74) is 0.262. The predicted molar refractivity (Wildman–Crippen MR) is 131 cm³/mol. The highest BCUT2D eigenvalue weighted by atomic mass is 127. The average Bonchev–Trinajstić information content (AvgIpc) is 2.78. The molecule has 2 aliphatic rings. The fourth-order valence-electron chi connectivity index (χ4n) is 3.99. The molecule has 174 valence electrons. The van der Waals surface area contributed by atoms with Gasteiger partial charge in [0.2, 0.25) is 5.91 Å². The number of aliphatic hydroxyl groups is 1. The zero-order valence-electron chi connectivity index (χ0n) is 18.3. The molecule has 7 nitrogen and oxygen atoms in total. The highest BCUT2D eigenvalue weighted by Gasteiger charge is 2.24. The van der Waals surface area contributed by atoms with Gasteiger partial charge in [-0.25, -0.2) is 4.39 Å². The van der Waals surface area contributed by atoms with Gasteiger partial charge in [0, 0.05) is 51.4 Å². The van der Waals surface area contributed by atoms with E-state index in [4.69, 9.17) is 0 Å². The van der Waals surface area contributed by atoms with Gasteiger partial charge < -0.3 is 20.2 Å². The molecule has 2 fully saturated rings. The molecule has 0 aliphatic carbocycles. The van der Waals surface area contributed by atoms with E-state index in [2.05, 4.69) is 20.1 Å². The van der Waals surface area contributed by atoms with E-state index in [1.54, 1.807) is 18.2 Å². The van der Waals surface area contributed by atoms with Crippen molar-refractivity contribution in [2.45, 2.75) is 32.3 Å². The van der Waals surface area contributed by atoms with E-state index in [0.717, 1.165) is 58.1 Å². The Morgan fingerprint density at radius 2 is 1.77 bits per heavy atom. The molecule has 2 heterocycles. The number of amides is 1. The van der Waals surface area contributed by atoms with Crippen LogP contribution in [0, 0.1) is 5.82 Å². The molecule has 1 amide bonds. The van der Waals surface area contributed by atoms with Crippen molar-refractivity contribution in [1.82, 2.24) is 20.0 Å². The van der Waals surface area contributed by atoms with Gasteiger partial charge in [-0.2, -0.15) is 0 Å². The highest BCUT2D eigenvalue weighted by molar-refractivity contribution is 14.0. The number of hydrogen-bond donors (Lipinski definition) is 2. The summed E-state index contributed by atoms with van der Waals surface area (Å²) in [4.78, 5) is 23.4. The van der Waals surface area contributed by atoms with E-state index in [1.807, 2.05) is 11.8 Å². The summed E-state index contributed by atoms with van der Waals surface area (Å²) in [6.07, 6.45) is 2.46. The molecule has 0 spiro atoms. The molecule has 1 atom stereocenters. The molecule has 0 aromatic heterocycles. The van der Waals surface area contributed by atoms with Crippen molar-refractivity contribution in [2.75, 3.05) is 58.9 Å². The Morgan fingerprint density at radius 1 is 1.10 bits per heavy atom. The van der Waals surface area contributed by atoms with Gasteiger partial charge >= 0.3 is 0 Å². The van der Waals surface area contributed by atoms with Crippen molar-refractivity contribution in [3.63, 3.8) is 0 Å². The molecular weight excluding hydrogens is 512 g/mol. The van der Waals surface area contributed by atoms with Gasteiger partial charge in [0.05, 0.1) is 13.1 Å². The first-order chi connectivity index (χ1) is 14.6. The fourth-order valence-corrected chi connectivity index (χ4v) is 3.99. The molecule has 31 heavy (non-hydrogen) atoms. The average molecular weight is 547 g/mol. The van der Waals surface area contributed by atoms with E-state index in [-0.39, 0.29) is 42.0 Å². The Morgan fingerprint density at radius 3 is 2.42 bits per heavy atom. The number of guanidine groups is 1. The minimum atomic E-state index is -0.983. The van der Waals surface area contributed by atoms with E-state index in [9.17, 15) is 14.3 Å². The number of aliphatic hydroxyl groups excluding tert-OH is 1. The highest BCUT2D eigenvalue weighted by Crippen LogP contribution is 2.17. The van der Waals surface area contributed by atoms with Gasteiger partial charge in [-0.05, 0) is 32.3 Å². The number of carbonyl (C=O) groups is 1. The SMILES string of the molecule is CCNC(=NCC(O)c1ccccc1F)N1CCN(CC(=O)N2CCCCC2)CC1.I. The van der Waals surface area contributed by atoms with Crippen molar-refractivity contribution in [1.29, 1.82) is 0 Å². The standard InChI is InChI=1S/C22H34FN5O2.HI/c1-2-24-22(25-16-20(29)18-8-4-5-9-19(18)23)28-14-12-26(13-15-28)17-21(30)27-10-6-3-7-11-27;/h4-5,8-9,20,29H,2-3,6-7,10-17H2,1H3,(H,24,25);1H. The minimum Gasteiger partial charge on any atom is -0.386 e. The van der Waals surface area contributed by atoms with Crippen LogP contribution < -0.4 is 5.32 Å². The Kier molecular flexibility index (Phi) is 11.0. The first kappa shape index (κ1) is 25.8. The Labute approximate surface area is 201 Å². The van der Waals surface area contributed by atoms with Gasteiger partial charge in [-0.1, -0.05) is 18.2 Å². The summed E-state index contributed by atoms with van der Waals surface area (Å²) >= 11 is 0. The van der Waals surface area contributed by atoms with Crippen LogP contribution in [0.5, 0.6) is 0 Å². The molecule has 0 radical (unpaired) electrons. The van der Waals surface area contributed by atoms with Crippen molar-refractivity contribution < 1.29 is 14.3 Å². The van der Waals surface area contributed by atoms with E-state index in [0.29, 0.717) is 13.1 Å². The van der Waals surface area contributed by atoms with Crippen LogP contribution in [0.2, 0.25) is 0 Å². The maximum atomic E-state index is 13.9. The number of halogens is 2. The van der Waals surface area contributed by atoms with E-state index in [1.165, 1.54) is 12.5 Å². The number of nitrogens with zero attached hydrogens (tertiary/aromatic N) is 4. The summed E-state index contributed by atoms with van der Waals surface area (Å²) < 4.78 is 13.9. The normalized spacial score (nSPS) is 19.0. The lowest BCUT2D eigenvalue weighted by Gasteiger charge is -2.37. The van der Waals surface area contributed by atoms with Crippen LogP contribution in [0.3, 0.4) is 0 Å². The predicted octanol–water partition coefficient (Wildman–Crippen LogP) is 2.07. The zero-order valence-corrected chi connectivity index (χ0v) is 20.6. The van der Waals surface area contributed by atoms with Crippen LogP contribution in [0.4, 0.5) is 4.39 Å². The maximum Gasteiger partial charge on any atom is 0.236 e. The van der Waals surface area contributed by atoms with Crippen LogP contribution in [-0.4, -0.2) is 90.6 Å². The molecule has 1 aromatic rings. The number of nitrogens with one attached hydrogen (secondary N) is 1. The summed E-state index contributed by atoms with van der Waals surface area (Å²) in [5.74, 6) is 0.531. The van der Waals surface area contributed by atoms with Crippen molar-refractivity contribution in [3.8, 4) is 0 Å². The van der Waals surface area contributed by atoms with Crippen LogP contribution in [-0.2, 0) is 4.79 Å². The third-order valence-electron chi connectivity index (χ3n) is 5.75. The molecule has 2 saturated heterocycles. The number of piperazine rings is 1. The topological polar surface area (TPSA) is 71.4 Å². The first-order valence-corrected chi connectivity index (χ1v) is 11.0. The summed E-state index contributed by atoms with van der Waals surface area (Å²) in [6.45, 7) is 8.16. The number of hydrogen-bond acceptors (Lipinski definition) is 4. The molecular formula is C22H35FIN5O2. The van der Waals surface area contributed by atoms with Gasteiger partial charge in [0.1, 0.15) is 11.9 Å². The van der Waals surface area contributed by atoms with Crippen LogP contribution >= 0.6 is 24.0 Å². The van der Waals surface area contributed by atoms with E-state index >= 15 is 0 Å².